The zero-order valence-corrected chi connectivity index (χ0v) is 10.9. The minimum absolute atomic E-state index is 0.0192. The van der Waals surface area contributed by atoms with Gasteiger partial charge in [0.15, 0.2) is 12.5 Å². The van der Waals surface area contributed by atoms with Gasteiger partial charge >= 0.3 is 11.9 Å². The van der Waals surface area contributed by atoms with Gasteiger partial charge in [0.05, 0.1) is 0 Å². The highest BCUT2D eigenvalue weighted by Gasteiger charge is 2.19. The maximum atomic E-state index is 11.4. The van der Waals surface area contributed by atoms with Crippen molar-refractivity contribution in [1.29, 1.82) is 0 Å². The molecule has 0 aromatic carbocycles. The van der Waals surface area contributed by atoms with E-state index >= 15 is 0 Å². The first-order valence-electron chi connectivity index (χ1n) is 6.07. The summed E-state index contributed by atoms with van der Waals surface area (Å²) in [5.41, 5.74) is 16.4. The van der Waals surface area contributed by atoms with Gasteiger partial charge in [-0.2, -0.15) is 0 Å². The van der Waals surface area contributed by atoms with Gasteiger partial charge in [0, 0.05) is 6.42 Å². The van der Waals surface area contributed by atoms with Crippen LogP contribution in [-0.2, 0) is 19.1 Å². The topological polar surface area (TPSA) is 131 Å². The number of nitrogens with two attached hydrogens (primary N) is 3. The van der Waals surface area contributed by atoms with Gasteiger partial charge in [0.1, 0.15) is 6.04 Å². The van der Waals surface area contributed by atoms with Gasteiger partial charge in [-0.15, -0.1) is 0 Å². The first-order chi connectivity index (χ1) is 8.40. The number of ether oxygens (including phenoxy) is 2. The van der Waals surface area contributed by atoms with E-state index in [2.05, 4.69) is 0 Å². The third-order valence-corrected chi connectivity index (χ3v) is 2.32. The van der Waals surface area contributed by atoms with Crippen molar-refractivity contribution in [3.63, 3.8) is 0 Å². The Balaban J connectivity index is 3.91. The average Bonchev–Trinajstić information content (AvgIpc) is 2.35. The summed E-state index contributed by atoms with van der Waals surface area (Å²) in [6, 6.07) is -0.881. The Kier molecular flexibility index (Phi) is 8.27. The van der Waals surface area contributed by atoms with E-state index in [-0.39, 0.29) is 12.8 Å². The summed E-state index contributed by atoms with van der Waals surface area (Å²) < 4.78 is 9.67. The molecule has 0 fully saturated rings. The molecule has 7 heteroatoms. The van der Waals surface area contributed by atoms with Crippen LogP contribution in [0, 0.1) is 0 Å². The number of hydrogen-bond donors (Lipinski definition) is 3. The van der Waals surface area contributed by atoms with Crippen molar-refractivity contribution in [3.05, 3.63) is 0 Å². The Bertz CT molecular complexity index is 273. The van der Waals surface area contributed by atoms with E-state index in [1.165, 1.54) is 0 Å². The summed E-state index contributed by atoms with van der Waals surface area (Å²) in [7, 11) is 0. The fourth-order valence-corrected chi connectivity index (χ4v) is 1.02. The predicted molar refractivity (Wildman–Crippen MR) is 65.9 cm³/mol. The lowest BCUT2D eigenvalue weighted by Gasteiger charge is -2.15. The molecule has 0 amide bonds. The normalized spacial score (nSPS) is 15.6. The van der Waals surface area contributed by atoms with Gasteiger partial charge in [-0.05, 0) is 19.3 Å². The van der Waals surface area contributed by atoms with Crippen LogP contribution >= 0.6 is 0 Å². The van der Waals surface area contributed by atoms with E-state index in [1.807, 2.05) is 0 Å². The third kappa shape index (κ3) is 7.21. The summed E-state index contributed by atoms with van der Waals surface area (Å²) in [5.74, 6) is -1.09. The van der Waals surface area contributed by atoms with Crippen molar-refractivity contribution in [1.82, 2.24) is 0 Å². The summed E-state index contributed by atoms with van der Waals surface area (Å²) in [4.78, 5) is 22.7. The standard InChI is InChI=1S/C11H23N3O4/c1-3-8(13)17-10(15)6-5-7(12)11(16)18-9(14)4-2/h7-9H,3-6,12-14H2,1-2H3. The maximum absolute atomic E-state index is 11.4. The highest BCUT2D eigenvalue weighted by molar-refractivity contribution is 5.77. The molecule has 0 heterocycles. The molecule has 0 spiro atoms. The molecule has 106 valence electrons. The lowest BCUT2D eigenvalue weighted by Crippen LogP contribution is -2.38. The maximum Gasteiger partial charge on any atom is 0.324 e. The molecule has 3 unspecified atom stereocenters. The molecule has 0 aromatic heterocycles. The van der Waals surface area contributed by atoms with Gasteiger partial charge in [0.25, 0.3) is 0 Å². The third-order valence-electron chi connectivity index (χ3n) is 2.32. The van der Waals surface area contributed by atoms with Crippen molar-refractivity contribution >= 4 is 11.9 Å². The molecule has 3 atom stereocenters. The Morgan fingerprint density at radius 1 is 1.00 bits per heavy atom. The van der Waals surface area contributed by atoms with Gasteiger partial charge in [-0.3, -0.25) is 21.1 Å². The molecular formula is C11H23N3O4. The number of esters is 2. The van der Waals surface area contributed by atoms with Crippen LogP contribution in [0.5, 0.6) is 0 Å². The second-order valence-corrected chi connectivity index (χ2v) is 3.97. The lowest BCUT2D eigenvalue weighted by atomic mass is 10.2. The number of carbonyl (C=O) groups is 2. The van der Waals surface area contributed by atoms with Crippen molar-refractivity contribution in [2.75, 3.05) is 0 Å². The van der Waals surface area contributed by atoms with E-state index in [0.717, 1.165) is 0 Å². The van der Waals surface area contributed by atoms with Crippen LogP contribution in [0.2, 0.25) is 0 Å². The highest BCUT2D eigenvalue weighted by atomic mass is 16.6. The number of carbonyl (C=O) groups excluding carboxylic acids is 2. The zero-order valence-electron chi connectivity index (χ0n) is 10.9. The summed E-state index contributed by atoms with van der Waals surface area (Å²) in [5, 5.41) is 0. The minimum Gasteiger partial charge on any atom is -0.447 e. The fourth-order valence-electron chi connectivity index (χ4n) is 1.02. The molecule has 0 aliphatic rings. The van der Waals surface area contributed by atoms with Gasteiger partial charge in [0.2, 0.25) is 0 Å². The van der Waals surface area contributed by atoms with Crippen LogP contribution in [0.1, 0.15) is 39.5 Å². The average molecular weight is 261 g/mol. The molecule has 0 aliphatic heterocycles. The van der Waals surface area contributed by atoms with Gasteiger partial charge in [-0.1, -0.05) is 13.8 Å². The van der Waals surface area contributed by atoms with Crippen LogP contribution in [-0.4, -0.2) is 30.4 Å². The van der Waals surface area contributed by atoms with Crippen LogP contribution < -0.4 is 17.2 Å². The molecule has 18 heavy (non-hydrogen) atoms. The van der Waals surface area contributed by atoms with Crippen LogP contribution in [0.3, 0.4) is 0 Å². The fraction of sp³-hybridized carbons (Fsp3) is 0.818. The molecule has 0 rings (SSSR count). The second-order valence-electron chi connectivity index (χ2n) is 3.97. The first-order valence-corrected chi connectivity index (χ1v) is 6.07. The van der Waals surface area contributed by atoms with E-state index in [0.29, 0.717) is 12.8 Å². The summed E-state index contributed by atoms with van der Waals surface area (Å²) >= 11 is 0. The molecule has 6 N–H and O–H groups in total. The smallest absolute Gasteiger partial charge is 0.324 e. The Labute approximate surface area is 107 Å². The Hall–Kier alpha value is -1.18. The molecule has 0 saturated carbocycles. The molecule has 7 nitrogen and oxygen atoms in total. The molecule has 0 radical (unpaired) electrons. The zero-order chi connectivity index (χ0) is 14.1. The van der Waals surface area contributed by atoms with Crippen molar-refractivity contribution in [2.24, 2.45) is 17.2 Å². The van der Waals surface area contributed by atoms with Crippen molar-refractivity contribution in [2.45, 2.75) is 58.0 Å². The lowest BCUT2D eigenvalue weighted by molar-refractivity contribution is -0.152. The molecule has 0 aromatic rings. The Morgan fingerprint density at radius 2 is 1.50 bits per heavy atom. The van der Waals surface area contributed by atoms with Crippen molar-refractivity contribution in [3.8, 4) is 0 Å². The quantitative estimate of drug-likeness (QED) is 0.399. The number of rotatable bonds is 8. The van der Waals surface area contributed by atoms with Crippen LogP contribution in [0.15, 0.2) is 0 Å². The Morgan fingerprint density at radius 3 is 2.00 bits per heavy atom. The SMILES string of the molecule is CCC(N)OC(=O)CCC(N)C(=O)OC(N)CC. The molecule has 0 saturated heterocycles. The summed E-state index contributed by atoms with van der Waals surface area (Å²) in [6.45, 7) is 3.58. The van der Waals surface area contributed by atoms with E-state index in [9.17, 15) is 9.59 Å². The number of hydrogen-bond acceptors (Lipinski definition) is 7. The highest BCUT2D eigenvalue weighted by Crippen LogP contribution is 2.03. The largest absolute Gasteiger partial charge is 0.447 e. The summed E-state index contributed by atoms with van der Waals surface area (Å²) in [6.07, 6.45) is -0.0781. The first kappa shape index (κ1) is 16.8. The molecular weight excluding hydrogens is 238 g/mol. The molecule has 0 aliphatic carbocycles. The van der Waals surface area contributed by atoms with Gasteiger partial charge < -0.3 is 15.2 Å². The van der Waals surface area contributed by atoms with Gasteiger partial charge in [-0.25, -0.2) is 0 Å². The van der Waals surface area contributed by atoms with Crippen LogP contribution in [0.4, 0.5) is 0 Å². The predicted octanol–water partition coefficient (Wildman–Crippen LogP) is -0.430. The molecule has 0 bridgehead atoms. The minimum atomic E-state index is -0.881. The van der Waals surface area contributed by atoms with E-state index in [1.54, 1.807) is 13.8 Å². The van der Waals surface area contributed by atoms with E-state index < -0.39 is 30.4 Å². The van der Waals surface area contributed by atoms with E-state index in [4.69, 9.17) is 26.7 Å². The van der Waals surface area contributed by atoms with Crippen molar-refractivity contribution < 1.29 is 19.1 Å². The second kappa shape index (κ2) is 8.84. The van der Waals surface area contributed by atoms with Crippen LogP contribution in [0.25, 0.3) is 0 Å². The monoisotopic (exact) mass is 261 g/mol.